The Hall–Kier alpha value is -1.20. The zero-order valence-corrected chi connectivity index (χ0v) is 9.64. The van der Waals surface area contributed by atoms with Gasteiger partial charge in [-0.15, -0.1) is 0 Å². The summed E-state index contributed by atoms with van der Waals surface area (Å²) in [7, 11) is 0. The van der Waals surface area contributed by atoms with E-state index in [9.17, 15) is 4.79 Å². The molecule has 0 unspecified atom stereocenters. The summed E-state index contributed by atoms with van der Waals surface area (Å²) in [6.45, 7) is 1.98. The lowest BCUT2D eigenvalue weighted by molar-refractivity contribution is 0.112. The molecule has 76 valence electrons. The second kappa shape index (κ2) is 4.55. The molecule has 1 aromatic heterocycles. The van der Waals surface area contributed by atoms with Gasteiger partial charge in [-0.1, -0.05) is 17.8 Å². The number of hydrogen-bond acceptors (Lipinski definition) is 5. The van der Waals surface area contributed by atoms with E-state index in [1.165, 1.54) is 11.5 Å². The van der Waals surface area contributed by atoms with Crippen LogP contribution in [0.2, 0.25) is 0 Å². The van der Waals surface area contributed by atoms with Crippen molar-refractivity contribution in [2.45, 2.75) is 16.2 Å². The van der Waals surface area contributed by atoms with Crippen LogP contribution in [0.3, 0.4) is 0 Å². The molecular formula is C10H8N2OS2. The van der Waals surface area contributed by atoms with Crippen molar-refractivity contribution in [2.75, 3.05) is 0 Å². The monoisotopic (exact) mass is 236 g/mol. The molecule has 0 spiro atoms. The van der Waals surface area contributed by atoms with Gasteiger partial charge in [0.05, 0.1) is 0 Å². The fraction of sp³-hybridized carbons (Fsp3) is 0.100. The number of benzene rings is 1. The molecule has 1 aromatic carbocycles. The molecule has 0 fully saturated rings. The van der Waals surface area contributed by atoms with Crippen molar-refractivity contribution in [3.05, 3.63) is 35.7 Å². The van der Waals surface area contributed by atoms with Crippen molar-refractivity contribution in [3.63, 3.8) is 0 Å². The summed E-state index contributed by atoms with van der Waals surface area (Å²) in [5, 5.41) is 0. The topological polar surface area (TPSA) is 42.9 Å². The highest BCUT2D eigenvalue weighted by molar-refractivity contribution is 8.01. The van der Waals surface area contributed by atoms with Gasteiger partial charge in [0.25, 0.3) is 0 Å². The molecule has 2 rings (SSSR count). The van der Waals surface area contributed by atoms with Crippen LogP contribution in [-0.4, -0.2) is 15.6 Å². The minimum absolute atomic E-state index is 0.703. The molecule has 1 heterocycles. The lowest BCUT2D eigenvalue weighted by atomic mass is 10.2. The van der Waals surface area contributed by atoms with Crippen LogP contribution in [0, 0.1) is 6.92 Å². The molecule has 0 saturated heterocycles. The zero-order valence-electron chi connectivity index (χ0n) is 8.01. The van der Waals surface area contributed by atoms with E-state index in [4.69, 9.17) is 0 Å². The number of rotatable bonds is 3. The normalized spacial score (nSPS) is 10.2. The minimum Gasteiger partial charge on any atom is -0.298 e. The van der Waals surface area contributed by atoms with Gasteiger partial charge >= 0.3 is 0 Å². The average molecular weight is 236 g/mol. The number of hydrogen-bond donors (Lipinski definition) is 0. The van der Waals surface area contributed by atoms with Crippen LogP contribution < -0.4 is 0 Å². The van der Waals surface area contributed by atoms with Crippen molar-refractivity contribution < 1.29 is 4.79 Å². The number of aromatic nitrogens is 2. The maximum atomic E-state index is 10.6. The molecule has 0 aliphatic rings. The lowest BCUT2D eigenvalue weighted by Crippen LogP contribution is -1.84. The fourth-order valence-corrected chi connectivity index (χ4v) is 2.63. The summed E-state index contributed by atoms with van der Waals surface area (Å²) >= 11 is 2.94. The summed E-state index contributed by atoms with van der Waals surface area (Å²) in [5.74, 6) is 0. The maximum absolute atomic E-state index is 10.6. The first kappa shape index (κ1) is 10.3. The summed E-state index contributed by atoms with van der Waals surface area (Å²) in [6, 6.07) is 5.62. The van der Waals surface area contributed by atoms with E-state index in [-0.39, 0.29) is 0 Å². The summed E-state index contributed by atoms with van der Waals surface area (Å²) < 4.78 is 4.85. The van der Waals surface area contributed by atoms with Crippen LogP contribution >= 0.6 is 23.3 Å². The number of aldehydes is 1. The van der Waals surface area contributed by atoms with Crippen LogP contribution in [0.1, 0.15) is 15.9 Å². The minimum atomic E-state index is 0.703. The molecular weight excluding hydrogens is 228 g/mol. The van der Waals surface area contributed by atoms with E-state index in [0.717, 1.165) is 21.1 Å². The summed E-state index contributed by atoms with van der Waals surface area (Å²) in [4.78, 5) is 15.8. The Morgan fingerprint density at radius 1 is 1.47 bits per heavy atom. The van der Waals surface area contributed by atoms with Crippen LogP contribution in [0.5, 0.6) is 0 Å². The third kappa shape index (κ3) is 2.43. The third-order valence-electron chi connectivity index (χ3n) is 1.87. The third-order valence-corrected chi connectivity index (χ3v) is 3.77. The highest BCUT2D eigenvalue weighted by atomic mass is 32.2. The van der Waals surface area contributed by atoms with Gasteiger partial charge in [-0.2, -0.15) is 4.37 Å². The summed E-state index contributed by atoms with van der Waals surface area (Å²) in [5.41, 5.74) is 1.79. The Morgan fingerprint density at radius 2 is 2.33 bits per heavy atom. The molecule has 0 aliphatic heterocycles. The van der Waals surface area contributed by atoms with E-state index in [0.29, 0.717) is 5.56 Å². The van der Waals surface area contributed by atoms with Crippen LogP contribution in [0.25, 0.3) is 0 Å². The lowest BCUT2D eigenvalue weighted by Gasteiger charge is -2.02. The quantitative estimate of drug-likeness (QED) is 0.768. The molecule has 2 aromatic rings. The van der Waals surface area contributed by atoms with Crippen molar-refractivity contribution in [3.8, 4) is 0 Å². The van der Waals surface area contributed by atoms with Gasteiger partial charge in [0.2, 0.25) is 0 Å². The van der Waals surface area contributed by atoms with E-state index >= 15 is 0 Å². The Labute approximate surface area is 95.7 Å². The first-order chi connectivity index (χ1) is 7.29. The van der Waals surface area contributed by atoms with Crippen molar-refractivity contribution in [1.82, 2.24) is 9.36 Å². The van der Waals surface area contributed by atoms with Crippen LogP contribution in [0.4, 0.5) is 0 Å². The molecule has 0 bridgehead atoms. The van der Waals surface area contributed by atoms with Gasteiger partial charge in [0.1, 0.15) is 12.6 Å². The van der Waals surface area contributed by atoms with E-state index < -0.39 is 0 Å². The number of carbonyl (C=O) groups is 1. The highest BCUT2D eigenvalue weighted by Crippen LogP contribution is 2.30. The molecule has 0 saturated carbocycles. The van der Waals surface area contributed by atoms with Crippen LogP contribution in [-0.2, 0) is 0 Å². The molecule has 0 amide bonds. The number of carbonyl (C=O) groups excluding carboxylic acids is 1. The van der Waals surface area contributed by atoms with Gasteiger partial charge in [0, 0.05) is 10.5 Å². The Balaban J connectivity index is 2.26. The second-order valence-corrected chi connectivity index (χ2v) is 5.02. The molecule has 0 atom stereocenters. The Morgan fingerprint density at radius 3 is 2.93 bits per heavy atom. The summed E-state index contributed by atoms with van der Waals surface area (Å²) in [6.07, 6.45) is 2.40. The van der Waals surface area contributed by atoms with Crippen LogP contribution in [0.15, 0.2) is 33.8 Å². The van der Waals surface area contributed by atoms with Gasteiger partial charge in [-0.05, 0) is 36.2 Å². The van der Waals surface area contributed by atoms with Gasteiger partial charge in [-0.25, -0.2) is 4.98 Å². The molecule has 0 N–H and O–H groups in total. The first-order valence-corrected chi connectivity index (χ1v) is 5.89. The maximum Gasteiger partial charge on any atom is 0.174 e. The van der Waals surface area contributed by atoms with Crippen molar-refractivity contribution in [2.24, 2.45) is 0 Å². The molecule has 15 heavy (non-hydrogen) atoms. The van der Waals surface area contributed by atoms with E-state index in [1.54, 1.807) is 18.1 Å². The van der Waals surface area contributed by atoms with Gasteiger partial charge in [-0.3, -0.25) is 4.79 Å². The van der Waals surface area contributed by atoms with E-state index in [1.807, 2.05) is 25.1 Å². The Kier molecular flexibility index (Phi) is 3.13. The van der Waals surface area contributed by atoms with Crippen molar-refractivity contribution >= 4 is 29.6 Å². The van der Waals surface area contributed by atoms with Gasteiger partial charge in [0.15, 0.2) is 4.34 Å². The SMILES string of the molecule is Cc1cc(C=O)ccc1Sc1ncns1. The predicted molar refractivity (Wildman–Crippen MR) is 60.6 cm³/mol. The largest absolute Gasteiger partial charge is 0.298 e. The molecule has 0 aliphatic carbocycles. The predicted octanol–water partition coefficient (Wildman–Crippen LogP) is 2.81. The zero-order chi connectivity index (χ0) is 10.7. The standard InChI is InChI=1S/C10H8N2OS2/c1-7-4-8(5-13)2-3-9(7)14-10-11-6-12-15-10/h2-6H,1H3. The fourth-order valence-electron chi connectivity index (χ4n) is 1.16. The average Bonchev–Trinajstić information content (AvgIpc) is 2.74. The number of aryl methyl sites for hydroxylation is 1. The van der Waals surface area contributed by atoms with E-state index in [2.05, 4.69) is 9.36 Å². The molecule has 3 nitrogen and oxygen atoms in total. The van der Waals surface area contributed by atoms with Crippen molar-refractivity contribution in [1.29, 1.82) is 0 Å². The Bertz CT molecular complexity index is 468. The highest BCUT2D eigenvalue weighted by Gasteiger charge is 2.04. The second-order valence-electron chi connectivity index (χ2n) is 2.95. The first-order valence-electron chi connectivity index (χ1n) is 4.30. The molecule has 5 heteroatoms. The van der Waals surface area contributed by atoms with Gasteiger partial charge < -0.3 is 0 Å². The number of nitrogens with zero attached hydrogens (tertiary/aromatic N) is 2. The smallest absolute Gasteiger partial charge is 0.174 e. The molecule has 0 radical (unpaired) electrons.